The van der Waals surface area contributed by atoms with Gasteiger partial charge < -0.3 is 20.7 Å². The summed E-state index contributed by atoms with van der Waals surface area (Å²) in [7, 11) is 0. The van der Waals surface area contributed by atoms with Crippen LogP contribution in [0.15, 0.2) is 18.2 Å². The van der Waals surface area contributed by atoms with Crippen LogP contribution in [0.1, 0.15) is 25.7 Å². The van der Waals surface area contributed by atoms with E-state index in [1.54, 1.807) is 6.07 Å². The van der Waals surface area contributed by atoms with Crippen molar-refractivity contribution in [3.8, 4) is 0 Å². The maximum Gasteiger partial charge on any atom is 0.253 e. The molecule has 28 heavy (non-hydrogen) atoms. The first-order valence-corrected chi connectivity index (χ1v) is 10.0. The molecule has 0 bridgehead atoms. The van der Waals surface area contributed by atoms with Gasteiger partial charge in [-0.3, -0.25) is 14.5 Å². The maximum absolute atomic E-state index is 14.6. The number of amides is 2. The van der Waals surface area contributed by atoms with Gasteiger partial charge in [-0.15, -0.1) is 0 Å². The largest absolute Gasteiger partial charge is 0.370 e. The van der Waals surface area contributed by atoms with E-state index in [0.29, 0.717) is 30.8 Å². The van der Waals surface area contributed by atoms with Gasteiger partial charge in [-0.05, 0) is 49.8 Å². The smallest absolute Gasteiger partial charge is 0.253 e. The summed E-state index contributed by atoms with van der Waals surface area (Å²) in [4.78, 5) is 28.4. The summed E-state index contributed by atoms with van der Waals surface area (Å²) in [5.41, 5.74) is 6.50. The number of benzene rings is 1. The highest BCUT2D eigenvalue weighted by Gasteiger charge is 2.39. The average Bonchev–Trinajstić information content (AvgIpc) is 3.56. The van der Waals surface area contributed by atoms with E-state index in [1.807, 2.05) is 0 Å². The van der Waals surface area contributed by atoms with E-state index >= 15 is 0 Å². The Hall–Kier alpha value is -2.03. The molecule has 3 fully saturated rings. The lowest BCUT2D eigenvalue weighted by Crippen LogP contribution is -2.50. The highest BCUT2D eigenvalue weighted by molar-refractivity contribution is 5.97. The molecule has 1 heterocycles. The van der Waals surface area contributed by atoms with Crippen LogP contribution in [0.4, 0.5) is 15.8 Å². The first-order chi connectivity index (χ1) is 13.6. The number of hydrogen-bond acceptors (Lipinski definition) is 5. The molecule has 2 aliphatic carbocycles. The zero-order valence-corrected chi connectivity index (χ0v) is 15.9. The van der Waals surface area contributed by atoms with E-state index in [1.165, 1.54) is 29.9 Å². The number of hydrogen-bond donors (Lipinski definition) is 2. The third-order valence-corrected chi connectivity index (χ3v) is 5.60. The van der Waals surface area contributed by atoms with E-state index in [9.17, 15) is 14.0 Å². The van der Waals surface area contributed by atoms with Gasteiger partial charge in [0, 0.05) is 31.4 Å². The van der Waals surface area contributed by atoms with Gasteiger partial charge in [-0.1, -0.05) is 0 Å². The zero-order valence-electron chi connectivity index (χ0n) is 15.9. The fourth-order valence-electron chi connectivity index (χ4n) is 3.73. The van der Waals surface area contributed by atoms with Crippen molar-refractivity contribution in [3.05, 3.63) is 24.0 Å². The number of rotatable bonds is 8. The first kappa shape index (κ1) is 19.3. The first-order valence-electron chi connectivity index (χ1n) is 10.0. The van der Waals surface area contributed by atoms with Gasteiger partial charge >= 0.3 is 0 Å². The molecular weight excluding hydrogens is 363 g/mol. The predicted octanol–water partition coefficient (Wildman–Crippen LogP) is 1.33. The van der Waals surface area contributed by atoms with Crippen LogP contribution in [-0.4, -0.2) is 61.6 Å². The van der Waals surface area contributed by atoms with E-state index in [4.69, 9.17) is 10.5 Å². The van der Waals surface area contributed by atoms with Crippen molar-refractivity contribution in [3.63, 3.8) is 0 Å². The van der Waals surface area contributed by atoms with Crippen LogP contribution >= 0.6 is 0 Å². The summed E-state index contributed by atoms with van der Waals surface area (Å²) >= 11 is 0. The van der Waals surface area contributed by atoms with Gasteiger partial charge in [0.2, 0.25) is 5.91 Å². The van der Waals surface area contributed by atoms with Crippen molar-refractivity contribution >= 4 is 23.2 Å². The monoisotopic (exact) mass is 390 g/mol. The summed E-state index contributed by atoms with van der Waals surface area (Å²) < 4.78 is 19.7. The van der Waals surface area contributed by atoms with Crippen LogP contribution in [0, 0.1) is 11.7 Å². The third kappa shape index (κ3) is 4.34. The van der Waals surface area contributed by atoms with E-state index in [0.717, 1.165) is 19.4 Å². The molecule has 3 aliphatic rings. The fourth-order valence-corrected chi connectivity index (χ4v) is 3.73. The molecule has 0 spiro atoms. The molecule has 0 radical (unpaired) electrons. The van der Waals surface area contributed by atoms with E-state index in [2.05, 4.69) is 10.2 Å². The molecule has 0 unspecified atom stereocenters. The lowest BCUT2D eigenvalue weighted by molar-refractivity contribution is -0.125. The van der Waals surface area contributed by atoms with Crippen molar-refractivity contribution in [2.45, 2.75) is 37.8 Å². The molecule has 7 nitrogen and oxygen atoms in total. The second-order valence-electron chi connectivity index (χ2n) is 7.88. The number of carbonyl (C=O) groups is 2. The molecule has 1 aliphatic heterocycles. The summed E-state index contributed by atoms with van der Waals surface area (Å²) in [5, 5.41) is 2.80. The van der Waals surface area contributed by atoms with Crippen molar-refractivity contribution in [1.82, 2.24) is 4.90 Å². The molecule has 2 saturated carbocycles. The second-order valence-corrected chi connectivity index (χ2v) is 7.88. The highest BCUT2D eigenvalue weighted by atomic mass is 19.1. The van der Waals surface area contributed by atoms with Gasteiger partial charge in [-0.25, -0.2) is 4.39 Å². The molecule has 1 atom stereocenters. The molecule has 1 saturated heterocycles. The second kappa shape index (κ2) is 8.14. The van der Waals surface area contributed by atoms with Gasteiger partial charge in [0.05, 0.1) is 12.3 Å². The highest BCUT2D eigenvalue weighted by Crippen LogP contribution is 2.36. The third-order valence-electron chi connectivity index (χ3n) is 5.60. The number of nitrogens with two attached hydrogens (primary N) is 1. The normalized spacial score (nSPS) is 21.1. The minimum absolute atomic E-state index is 0.0475. The van der Waals surface area contributed by atoms with E-state index < -0.39 is 11.9 Å². The SMILES string of the molecule is NC[C@@H](C(=O)Nc1ccc(N2CCOCC2=O)c(F)c1)N(CC1CC1)C1CC1. The molecule has 1 aromatic carbocycles. The summed E-state index contributed by atoms with van der Waals surface area (Å²) in [6.07, 6.45) is 4.64. The number of nitrogens with zero attached hydrogens (tertiary/aromatic N) is 2. The zero-order chi connectivity index (χ0) is 19.7. The Morgan fingerprint density at radius 3 is 2.75 bits per heavy atom. The van der Waals surface area contributed by atoms with Crippen LogP contribution in [0.25, 0.3) is 0 Å². The van der Waals surface area contributed by atoms with Crippen molar-refractivity contribution in [2.24, 2.45) is 11.7 Å². The molecule has 1 aromatic rings. The maximum atomic E-state index is 14.6. The topological polar surface area (TPSA) is 87.9 Å². The molecule has 2 amide bonds. The lowest BCUT2D eigenvalue weighted by Gasteiger charge is -2.30. The van der Waals surface area contributed by atoms with Crippen molar-refractivity contribution < 1.29 is 18.7 Å². The minimum Gasteiger partial charge on any atom is -0.370 e. The average molecular weight is 390 g/mol. The van der Waals surface area contributed by atoms with Gasteiger partial charge in [-0.2, -0.15) is 0 Å². The Morgan fingerprint density at radius 1 is 1.36 bits per heavy atom. The van der Waals surface area contributed by atoms with Gasteiger partial charge in [0.1, 0.15) is 18.5 Å². The standard InChI is InChI=1S/C20H27FN4O3/c21-16-9-14(3-6-17(16)24-7-8-28-12-19(24)26)23-20(27)18(10-22)25(15-4-5-15)11-13-1-2-13/h3,6,9,13,15,18H,1-2,4-5,7-8,10-12,22H2,(H,23,27)/t18-/m0/s1. The Labute approximate surface area is 164 Å². The van der Waals surface area contributed by atoms with Crippen LogP contribution < -0.4 is 16.0 Å². The molecular formula is C20H27FN4O3. The molecule has 0 aromatic heterocycles. The van der Waals surface area contributed by atoms with Crippen molar-refractivity contribution in [2.75, 3.05) is 43.1 Å². The Bertz CT molecular complexity index is 751. The van der Waals surface area contributed by atoms with Crippen molar-refractivity contribution in [1.29, 1.82) is 0 Å². The number of carbonyl (C=O) groups excluding carboxylic acids is 2. The Kier molecular flexibility index (Phi) is 5.61. The quantitative estimate of drug-likeness (QED) is 0.699. The van der Waals surface area contributed by atoms with E-state index in [-0.39, 0.29) is 30.7 Å². The number of ether oxygens (including phenoxy) is 1. The Morgan fingerprint density at radius 2 is 2.14 bits per heavy atom. The number of morpholine rings is 1. The molecule has 3 N–H and O–H groups in total. The Balaban J connectivity index is 1.44. The number of anilines is 2. The van der Waals surface area contributed by atoms with Gasteiger partial charge in [0.25, 0.3) is 5.91 Å². The van der Waals surface area contributed by atoms with Gasteiger partial charge in [0.15, 0.2) is 0 Å². The number of nitrogens with one attached hydrogen (secondary N) is 1. The van der Waals surface area contributed by atoms with Crippen LogP contribution in [0.3, 0.4) is 0 Å². The predicted molar refractivity (Wildman–Crippen MR) is 103 cm³/mol. The van der Waals surface area contributed by atoms with Crippen LogP contribution in [0.2, 0.25) is 0 Å². The number of halogens is 1. The minimum atomic E-state index is -0.547. The van der Waals surface area contributed by atoms with Crippen LogP contribution in [0.5, 0.6) is 0 Å². The fraction of sp³-hybridized carbons (Fsp3) is 0.600. The van der Waals surface area contributed by atoms with Crippen LogP contribution in [-0.2, 0) is 14.3 Å². The summed E-state index contributed by atoms with van der Waals surface area (Å²) in [6.45, 7) is 1.78. The lowest BCUT2D eigenvalue weighted by atomic mass is 10.1. The molecule has 152 valence electrons. The summed E-state index contributed by atoms with van der Waals surface area (Å²) in [5.74, 6) is -0.352. The molecule has 4 rings (SSSR count). The summed E-state index contributed by atoms with van der Waals surface area (Å²) in [6, 6.07) is 4.43. The molecule has 8 heteroatoms.